The molecule has 8 heteroatoms. The number of aryl methyl sites for hydroxylation is 1. The van der Waals surface area contributed by atoms with E-state index >= 15 is 0 Å². The second-order valence-corrected chi connectivity index (χ2v) is 7.39. The predicted molar refractivity (Wildman–Crippen MR) is 99.8 cm³/mol. The van der Waals surface area contributed by atoms with Crippen molar-refractivity contribution in [2.75, 3.05) is 6.54 Å². The zero-order valence-corrected chi connectivity index (χ0v) is 15.8. The van der Waals surface area contributed by atoms with Gasteiger partial charge in [-0.15, -0.1) is 0 Å². The molecule has 0 atom stereocenters. The minimum Gasteiger partial charge on any atom is -0.444 e. The molecule has 2 heterocycles. The first-order valence-electron chi connectivity index (χ1n) is 8.23. The maximum atomic E-state index is 12.9. The smallest absolute Gasteiger partial charge is 0.407 e. The minimum absolute atomic E-state index is 0.228. The van der Waals surface area contributed by atoms with E-state index in [9.17, 15) is 9.59 Å². The molecule has 138 valence electrons. The van der Waals surface area contributed by atoms with Crippen LogP contribution in [0.5, 0.6) is 0 Å². The molecule has 3 aromatic rings. The number of pyridine rings is 1. The summed E-state index contributed by atoms with van der Waals surface area (Å²) in [7, 11) is 0. The molecule has 0 aliphatic rings. The summed E-state index contributed by atoms with van der Waals surface area (Å²) in [5.41, 5.74) is 0.262. The number of aromatic nitrogens is 2. The number of hydrogen-bond donors (Lipinski definition) is 1. The Labute approximate surface area is 154 Å². The second kappa shape index (κ2) is 6.64. The highest BCUT2D eigenvalue weighted by molar-refractivity contribution is 6.37. The van der Waals surface area contributed by atoms with E-state index in [0.29, 0.717) is 32.6 Å². The van der Waals surface area contributed by atoms with Crippen molar-refractivity contribution >= 4 is 39.5 Å². The molecule has 0 bridgehead atoms. The molecule has 1 aromatic carbocycles. The van der Waals surface area contributed by atoms with Gasteiger partial charge >= 0.3 is 6.09 Å². The van der Waals surface area contributed by atoms with E-state index in [-0.39, 0.29) is 18.6 Å². The Kier molecular flexibility index (Phi) is 4.66. The van der Waals surface area contributed by atoms with Crippen LogP contribution in [0.1, 0.15) is 26.5 Å². The van der Waals surface area contributed by atoms with E-state index < -0.39 is 11.7 Å². The highest BCUT2D eigenvalue weighted by Gasteiger charge is 2.19. The van der Waals surface area contributed by atoms with Crippen molar-refractivity contribution in [1.29, 1.82) is 0 Å². The molecule has 26 heavy (non-hydrogen) atoms. The summed E-state index contributed by atoms with van der Waals surface area (Å²) in [6.07, 6.45) is -0.532. The van der Waals surface area contributed by atoms with Crippen molar-refractivity contribution in [3.8, 4) is 0 Å². The number of carbonyl (C=O) groups is 1. The van der Waals surface area contributed by atoms with Crippen molar-refractivity contribution in [2.24, 2.45) is 0 Å². The highest BCUT2D eigenvalue weighted by Crippen LogP contribution is 2.29. The number of hydrogen-bond acceptors (Lipinski definition) is 5. The average Bonchev–Trinajstić information content (AvgIpc) is 2.90. The Morgan fingerprint density at radius 3 is 2.77 bits per heavy atom. The Balaban J connectivity index is 1.98. The predicted octanol–water partition coefficient (Wildman–Crippen LogP) is 3.63. The van der Waals surface area contributed by atoms with Crippen LogP contribution in [0.4, 0.5) is 4.79 Å². The van der Waals surface area contributed by atoms with Gasteiger partial charge in [0.15, 0.2) is 0 Å². The molecule has 1 amide bonds. The van der Waals surface area contributed by atoms with Crippen molar-refractivity contribution in [1.82, 2.24) is 15.0 Å². The van der Waals surface area contributed by atoms with Crippen LogP contribution in [0.3, 0.4) is 0 Å². The SMILES string of the molecule is Cc1onc2c1c(=O)n(CCNC(=O)OC(C)(C)C)c1cccc(Cl)c21. The zero-order chi connectivity index (χ0) is 19.1. The monoisotopic (exact) mass is 377 g/mol. The summed E-state index contributed by atoms with van der Waals surface area (Å²) in [6.45, 7) is 7.53. The van der Waals surface area contributed by atoms with Crippen molar-refractivity contribution in [3.05, 3.63) is 39.3 Å². The van der Waals surface area contributed by atoms with Gasteiger partial charge in [0.1, 0.15) is 22.3 Å². The van der Waals surface area contributed by atoms with Crippen LogP contribution in [-0.2, 0) is 11.3 Å². The Morgan fingerprint density at radius 2 is 2.08 bits per heavy atom. The first-order chi connectivity index (χ1) is 12.2. The largest absolute Gasteiger partial charge is 0.444 e. The molecule has 2 aromatic heterocycles. The number of benzene rings is 1. The number of halogens is 1. The molecular formula is C18H20ClN3O4. The maximum absolute atomic E-state index is 12.9. The number of nitrogens with zero attached hydrogens (tertiary/aromatic N) is 2. The molecule has 0 spiro atoms. The number of nitrogens with one attached hydrogen (secondary N) is 1. The van der Waals surface area contributed by atoms with E-state index in [4.69, 9.17) is 20.9 Å². The van der Waals surface area contributed by atoms with Crippen LogP contribution in [0.15, 0.2) is 27.5 Å². The standard InChI is InChI=1S/C18H20ClN3O4/c1-10-13-15(21-26-10)14-11(19)6-5-7-12(14)22(16(13)23)9-8-20-17(24)25-18(2,3)4/h5-7H,8-9H2,1-4H3,(H,20,24). The Hall–Kier alpha value is -2.54. The first kappa shape index (κ1) is 18.3. The lowest BCUT2D eigenvalue weighted by molar-refractivity contribution is 0.0526. The number of alkyl carbamates (subject to hydrolysis) is 1. The van der Waals surface area contributed by atoms with Gasteiger partial charge in [0.25, 0.3) is 5.56 Å². The molecular weight excluding hydrogens is 358 g/mol. The van der Waals surface area contributed by atoms with E-state index in [1.165, 1.54) is 0 Å². The van der Waals surface area contributed by atoms with Crippen molar-refractivity contribution < 1.29 is 14.1 Å². The van der Waals surface area contributed by atoms with Crippen LogP contribution < -0.4 is 10.9 Å². The number of fused-ring (bicyclic) bond motifs is 3. The van der Waals surface area contributed by atoms with Gasteiger partial charge in [0.05, 0.1) is 10.5 Å². The van der Waals surface area contributed by atoms with Crippen LogP contribution in [0.25, 0.3) is 21.8 Å². The number of ether oxygens (including phenoxy) is 1. The molecule has 0 fully saturated rings. The van der Waals surface area contributed by atoms with E-state index in [1.54, 1.807) is 50.5 Å². The lowest BCUT2D eigenvalue weighted by Gasteiger charge is -2.20. The van der Waals surface area contributed by atoms with Crippen LogP contribution in [0.2, 0.25) is 5.02 Å². The van der Waals surface area contributed by atoms with Gasteiger partial charge in [-0.2, -0.15) is 0 Å². The molecule has 1 N–H and O–H groups in total. The normalized spacial score (nSPS) is 11.9. The molecule has 0 unspecified atom stereocenters. The lowest BCUT2D eigenvalue weighted by Crippen LogP contribution is -2.35. The molecule has 0 aliphatic heterocycles. The van der Waals surface area contributed by atoms with Gasteiger partial charge in [-0.25, -0.2) is 4.79 Å². The van der Waals surface area contributed by atoms with Crippen molar-refractivity contribution in [2.45, 2.75) is 39.8 Å². The molecule has 0 radical (unpaired) electrons. The number of rotatable bonds is 3. The summed E-state index contributed by atoms with van der Waals surface area (Å²) >= 11 is 6.34. The topological polar surface area (TPSA) is 86.4 Å². The third kappa shape index (κ3) is 3.39. The molecule has 0 aliphatic carbocycles. The average molecular weight is 378 g/mol. The number of amides is 1. The van der Waals surface area contributed by atoms with Crippen LogP contribution in [-0.4, -0.2) is 28.0 Å². The lowest BCUT2D eigenvalue weighted by atomic mass is 10.1. The summed E-state index contributed by atoms with van der Waals surface area (Å²) in [5.74, 6) is 0.431. The maximum Gasteiger partial charge on any atom is 0.407 e. The van der Waals surface area contributed by atoms with E-state index in [0.717, 1.165) is 0 Å². The number of carbonyl (C=O) groups excluding carboxylic acids is 1. The van der Waals surface area contributed by atoms with Gasteiger partial charge in [0.2, 0.25) is 0 Å². The molecule has 0 saturated carbocycles. The van der Waals surface area contributed by atoms with Gasteiger partial charge in [-0.1, -0.05) is 22.8 Å². The van der Waals surface area contributed by atoms with Crippen LogP contribution in [0, 0.1) is 6.92 Å². The van der Waals surface area contributed by atoms with Crippen molar-refractivity contribution in [3.63, 3.8) is 0 Å². The van der Waals surface area contributed by atoms with E-state index in [1.807, 2.05) is 0 Å². The quantitative estimate of drug-likeness (QED) is 0.753. The minimum atomic E-state index is -0.584. The molecule has 7 nitrogen and oxygen atoms in total. The highest BCUT2D eigenvalue weighted by atomic mass is 35.5. The Bertz CT molecular complexity index is 1050. The summed E-state index contributed by atoms with van der Waals surface area (Å²) < 4.78 is 12.0. The third-order valence-corrected chi connectivity index (χ3v) is 4.16. The summed E-state index contributed by atoms with van der Waals surface area (Å²) in [6, 6.07) is 5.29. The summed E-state index contributed by atoms with van der Waals surface area (Å²) in [4.78, 5) is 24.7. The fourth-order valence-corrected chi connectivity index (χ4v) is 3.08. The van der Waals surface area contributed by atoms with Gasteiger partial charge < -0.3 is 19.1 Å². The third-order valence-electron chi connectivity index (χ3n) is 3.84. The zero-order valence-electron chi connectivity index (χ0n) is 15.1. The van der Waals surface area contributed by atoms with Gasteiger partial charge in [0, 0.05) is 18.5 Å². The molecule has 0 saturated heterocycles. The summed E-state index contributed by atoms with van der Waals surface area (Å²) in [5, 5.41) is 8.18. The molecule has 3 rings (SSSR count). The van der Waals surface area contributed by atoms with Gasteiger partial charge in [-0.05, 0) is 39.8 Å². The van der Waals surface area contributed by atoms with Gasteiger partial charge in [-0.3, -0.25) is 4.79 Å². The first-order valence-corrected chi connectivity index (χ1v) is 8.60. The Morgan fingerprint density at radius 1 is 1.35 bits per heavy atom. The fourth-order valence-electron chi connectivity index (χ4n) is 2.82. The fraction of sp³-hybridized carbons (Fsp3) is 0.389. The second-order valence-electron chi connectivity index (χ2n) is 6.98. The van der Waals surface area contributed by atoms with Crippen LogP contribution >= 0.6 is 11.6 Å². The van der Waals surface area contributed by atoms with E-state index in [2.05, 4.69) is 10.5 Å².